The minimum absolute atomic E-state index is 0.184. The van der Waals surface area contributed by atoms with Gasteiger partial charge in [-0.15, -0.1) is 0 Å². The van der Waals surface area contributed by atoms with Gasteiger partial charge in [-0.3, -0.25) is 4.79 Å². The van der Waals surface area contributed by atoms with Crippen LogP contribution in [0.25, 0.3) is 11.0 Å². The van der Waals surface area contributed by atoms with Crippen molar-refractivity contribution in [1.82, 2.24) is 10.3 Å². The second-order valence-corrected chi connectivity index (χ2v) is 7.42. The van der Waals surface area contributed by atoms with Crippen LogP contribution in [-0.4, -0.2) is 26.6 Å². The summed E-state index contributed by atoms with van der Waals surface area (Å²) in [7, 11) is 0. The van der Waals surface area contributed by atoms with Crippen LogP contribution in [0.3, 0.4) is 0 Å². The molecule has 1 aromatic carbocycles. The van der Waals surface area contributed by atoms with Crippen molar-refractivity contribution < 1.29 is 9.42 Å². The fraction of sp³-hybridized carbons (Fsp3) is 0.533. The first kappa shape index (κ1) is 12.4. The van der Waals surface area contributed by atoms with Crippen LogP contribution in [0.15, 0.2) is 22.8 Å². The summed E-state index contributed by atoms with van der Waals surface area (Å²) in [6.07, 6.45) is 5.96. The molecule has 1 aromatic heterocycles. The van der Waals surface area contributed by atoms with Gasteiger partial charge in [0.05, 0.1) is 0 Å². The molecule has 4 rings (SSSR count). The highest BCUT2D eigenvalue weighted by atomic mass is 32.2. The van der Waals surface area contributed by atoms with Crippen molar-refractivity contribution in [2.24, 2.45) is 5.92 Å². The van der Waals surface area contributed by atoms with Crippen molar-refractivity contribution in [2.45, 2.75) is 42.6 Å². The lowest BCUT2D eigenvalue weighted by atomic mass is 9.84. The number of ketones is 1. The number of nitrogens with zero attached hydrogens (tertiary/aromatic N) is 2. The van der Waals surface area contributed by atoms with Gasteiger partial charge < -0.3 is 0 Å². The summed E-state index contributed by atoms with van der Waals surface area (Å²) in [5.41, 5.74) is 2.13. The molecular weight excluding hydrogens is 272 g/mol. The highest BCUT2D eigenvalue weighted by molar-refractivity contribution is 8.00. The maximum absolute atomic E-state index is 12.7. The van der Waals surface area contributed by atoms with Gasteiger partial charge in [0.2, 0.25) is 0 Å². The first-order valence-electron chi connectivity index (χ1n) is 7.21. The van der Waals surface area contributed by atoms with E-state index in [1.807, 2.05) is 18.2 Å². The van der Waals surface area contributed by atoms with E-state index in [1.165, 1.54) is 19.3 Å². The van der Waals surface area contributed by atoms with Crippen LogP contribution in [0, 0.1) is 5.92 Å². The molecule has 3 heterocycles. The number of fused-ring (bicyclic) bond motifs is 3. The van der Waals surface area contributed by atoms with Crippen LogP contribution in [0.2, 0.25) is 0 Å². The summed E-state index contributed by atoms with van der Waals surface area (Å²) in [5.74, 6) is 0.455. The molecule has 2 aliphatic rings. The molecule has 5 heteroatoms. The van der Waals surface area contributed by atoms with E-state index in [0.29, 0.717) is 21.5 Å². The van der Waals surface area contributed by atoms with E-state index >= 15 is 0 Å². The zero-order chi connectivity index (χ0) is 13.5. The van der Waals surface area contributed by atoms with Crippen molar-refractivity contribution in [3.05, 3.63) is 23.8 Å². The van der Waals surface area contributed by atoms with Gasteiger partial charge in [-0.2, -0.15) is 11.8 Å². The zero-order valence-corrected chi connectivity index (χ0v) is 11.9. The Morgan fingerprint density at radius 1 is 1.15 bits per heavy atom. The molecular formula is C15H16N2O2S. The predicted octanol–water partition coefficient (Wildman–Crippen LogP) is 3.47. The molecule has 2 aromatic rings. The maximum Gasteiger partial charge on any atom is 0.166 e. The second kappa shape index (κ2) is 4.88. The van der Waals surface area contributed by atoms with Gasteiger partial charge >= 0.3 is 0 Å². The lowest BCUT2D eigenvalue weighted by Gasteiger charge is -2.37. The Morgan fingerprint density at radius 3 is 2.70 bits per heavy atom. The number of hydrogen-bond acceptors (Lipinski definition) is 5. The van der Waals surface area contributed by atoms with Gasteiger partial charge in [0, 0.05) is 22.0 Å². The summed E-state index contributed by atoms with van der Waals surface area (Å²) in [4.78, 5) is 12.7. The Balaban J connectivity index is 1.59. The van der Waals surface area contributed by atoms with Gasteiger partial charge in [0.15, 0.2) is 5.78 Å². The summed E-state index contributed by atoms with van der Waals surface area (Å²) >= 11 is 2.10. The fourth-order valence-corrected chi connectivity index (χ4v) is 5.28. The van der Waals surface area contributed by atoms with Gasteiger partial charge in [0.25, 0.3) is 0 Å². The molecule has 20 heavy (non-hydrogen) atoms. The highest BCUT2D eigenvalue weighted by Gasteiger charge is 2.35. The highest BCUT2D eigenvalue weighted by Crippen LogP contribution is 2.44. The molecule has 4 nitrogen and oxygen atoms in total. The van der Waals surface area contributed by atoms with Gasteiger partial charge in [-0.05, 0) is 54.2 Å². The van der Waals surface area contributed by atoms with E-state index in [9.17, 15) is 4.79 Å². The van der Waals surface area contributed by atoms with E-state index < -0.39 is 0 Å². The van der Waals surface area contributed by atoms with Crippen molar-refractivity contribution in [2.75, 3.05) is 0 Å². The van der Waals surface area contributed by atoms with Crippen molar-refractivity contribution in [1.29, 1.82) is 0 Å². The lowest BCUT2D eigenvalue weighted by molar-refractivity contribution is 0.0897. The van der Waals surface area contributed by atoms with E-state index in [1.54, 1.807) is 0 Å². The van der Waals surface area contributed by atoms with E-state index in [2.05, 4.69) is 22.1 Å². The molecule has 0 radical (unpaired) electrons. The molecule has 0 aliphatic carbocycles. The molecule has 2 saturated heterocycles. The minimum Gasteiger partial charge on any atom is -0.294 e. The first-order chi connectivity index (χ1) is 9.79. The number of Topliss-reactive ketones (excluding diaryl/α,β-unsaturated/α-hetero) is 1. The largest absolute Gasteiger partial charge is 0.294 e. The van der Waals surface area contributed by atoms with Crippen molar-refractivity contribution in [3.63, 3.8) is 0 Å². The summed E-state index contributed by atoms with van der Waals surface area (Å²) in [6, 6.07) is 5.48. The minimum atomic E-state index is 0.184. The number of benzene rings is 1. The number of rotatable bonds is 2. The third-order valence-electron chi connectivity index (χ3n) is 4.44. The molecule has 0 spiro atoms. The maximum atomic E-state index is 12.7. The van der Waals surface area contributed by atoms with Crippen LogP contribution in [0.4, 0.5) is 0 Å². The average Bonchev–Trinajstić information content (AvgIpc) is 2.93. The number of thioether (sulfide) groups is 1. The number of aromatic nitrogens is 2. The Hall–Kier alpha value is -1.36. The number of hydrogen-bond donors (Lipinski definition) is 0. The Kier molecular flexibility index (Phi) is 3.02. The topological polar surface area (TPSA) is 56.0 Å². The van der Waals surface area contributed by atoms with Crippen LogP contribution < -0.4 is 0 Å². The first-order valence-corrected chi connectivity index (χ1v) is 8.16. The summed E-state index contributed by atoms with van der Waals surface area (Å²) in [6.45, 7) is 0. The van der Waals surface area contributed by atoms with Crippen molar-refractivity contribution >= 4 is 28.6 Å². The average molecular weight is 288 g/mol. The normalized spacial score (nSPS) is 29.5. The van der Waals surface area contributed by atoms with E-state index in [0.717, 1.165) is 18.4 Å². The monoisotopic (exact) mass is 288 g/mol. The molecule has 0 saturated carbocycles. The van der Waals surface area contributed by atoms with E-state index in [-0.39, 0.29) is 11.7 Å². The molecule has 2 unspecified atom stereocenters. The fourth-order valence-electron chi connectivity index (χ4n) is 3.44. The third-order valence-corrected chi connectivity index (χ3v) is 6.07. The quantitative estimate of drug-likeness (QED) is 0.792. The summed E-state index contributed by atoms with van der Waals surface area (Å²) < 4.78 is 4.69. The van der Waals surface area contributed by atoms with Gasteiger partial charge in [0.1, 0.15) is 11.0 Å². The van der Waals surface area contributed by atoms with Crippen LogP contribution >= 0.6 is 11.8 Å². The Labute approximate surface area is 121 Å². The SMILES string of the molecule is O=C(c1ccc2nonc2c1)C1CC2CCCC(C1)S2. The van der Waals surface area contributed by atoms with Crippen molar-refractivity contribution in [3.8, 4) is 0 Å². The zero-order valence-electron chi connectivity index (χ0n) is 11.1. The molecule has 0 N–H and O–H groups in total. The lowest BCUT2D eigenvalue weighted by Crippen LogP contribution is -2.32. The molecule has 2 fully saturated rings. The van der Waals surface area contributed by atoms with Gasteiger partial charge in [-0.1, -0.05) is 6.42 Å². The molecule has 2 bridgehead atoms. The number of carbonyl (C=O) groups excluding carboxylic acids is 1. The summed E-state index contributed by atoms with van der Waals surface area (Å²) in [5, 5.41) is 8.98. The standard InChI is InChI=1S/C15H16N2O2S/c18-15(9-4-5-13-14(8-9)17-19-16-13)10-6-11-2-1-3-12(7-10)20-11/h4-5,8,10-12H,1-3,6-7H2. The second-order valence-electron chi connectivity index (χ2n) is 5.81. The van der Waals surface area contributed by atoms with Crippen LogP contribution in [-0.2, 0) is 0 Å². The Morgan fingerprint density at radius 2 is 1.90 bits per heavy atom. The smallest absolute Gasteiger partial charge is 0.166 e. The molecule has 0 amide bonds. The van der Waals surface area contributed by atoms with E-state index in [4.69, 9.17) is 4.63 Å². The third kappa shape index (κ3) is 2.14. The van der Waals surface area contributed by atoms with Gasteiger partial charge in [-0.25, -0.2) is 4.63 Å². The molecule has 104 valence electrons. The molecule has 2 atom stereocenters. The Bertz CT molecular complexity index is 642. The van der Waals surface area contributed by atoms with Crippen LogP contribution in [0.1, 0.15) is 42.5 Å². The predicted molar refractivity (Wildman–Crippen MR) is 77.9 cm³/mol. The molecule has 2 aliphatic heterocycles. The van der Waals surface area contributed by atoms with Crippen LogP contribution in [0.5, 0.6) is 0 Å². The number of carbonyl (C=O) groups is 1.